The van der Waals surface area contributed by atoms with Gasteiger partial charge in [0.2, 0.25) is 0 Å². The second kappa shape index (κ2) is 10.8. The number of aryl methyl sites for hydroxylation is 2. The molecule has 9 nitrogen and oxygen atoms in total. The maximum atomic E-state index is 12.5. The van der Waals surface area contributed by atoms with Crippen molar-refractivity contribution in [2.24, 2.45) is 0 Å². The Balaban J connectivity index is 1.62. The maximum absolute atomic E-state index is 12.5. The molecule has 0 aliphatic rings. The number of anilines is 1. The third-order valence-electron chi connectivity index (χ3n) is 5.81. The molecule has 2 N–H and O–H groups in total. The van der Waals surface area contributed by atoms with Gasteiger partial charge in [-0.05, 0) is 25.0 Å². The van der Waals surface area contributed by atoms with Gasteiger partial charge in [-0.25, -0.2) is 14.8 Å². The number of carbonyl (C=O) groups excluding carboxylic acids is 1. The minimum absolute atomic E-state index is 0.0703. The standard InChI is InChI=1S/C26H28N6O3/c1-3-4-14-24-29-22-15-21(30-26(33)27-16-19-10-6-5-7-11-19)18(2)28-25(22)31(24)17-20-12-8-9-13-23(20)32(34)35/h5-13,15H,3-4,14,16-17H2,1-2H3,(H2,27,30,33). The van der Waals surface area contributed by atoms with Crippen LogP contribution in [0.3, 0.4) is 0 Å². The number of benzene rings is 2. The molecule has 4 rings (SSSR count). The van der Waals surface area contributed by atoms with Gasteiger partial charge in [-0.15, -0.1) is 0 Å². The molecular weight excluding hydrogens is 444 g/mol. The van der Waals surface area contributed by atoms with Crippen LogP contribution in [0.15, 0.2) is 60.7 Å². The van der Waals surface area contributed by atoms with Gasteiger partial charge in [0.25, 0.3) is 5.69 Å². The number of nitrogens with zero attached hydrogens (tertiary/aromatic N) is 4. The Morgan fingerprint density at radius 2 is 1.83 bits per heavy atom. The van der Waals surface area contributed by atoms with Crippen LogP contribution in [0.4, 0.5) is 16.2 Å². The number of para-hydroxylation sites is 1. The van der Waals surface area contributed by atoms with Crippen LogP contribution in [-0.2, 0) is 19.5 Å². The number of urea groups is 1. The van der Waals surface area contributed by atoms with E-state index in [1.807, 2.05) is 47.9 Å². The Kier molecular flexibility index (Phi) is 7.35. The van der Waals surface area contributed by atoms with Gasteiger partial charge in [0.15, 0.2) is 5.65 Å². The van der Waals surface area contributed by atoms with Gasteiger partial charge in [0.1, 0.15) is 11.3 Å². The molecule has 0 unspecified atom stereocenters. The van der Waals surface area contributed by atoms with Crippen molar-refractivity contribution in [3.8, 4) is 0 Å². The maximum Gasteiger partial charge on any atom is 0.319 e. The third kappa shape index (κ3) is 5.63. The van der Waals surface area contributed by atoms with Crippen LogP contribution < -0.4 is 10.6 Å². The number of nitro benzene ring substituents is 1. The first-order valence-corrected chi connectivity index (χ1v) is 11.6. The zero-order chi connectivity index (χ0) is 24.8. The fourth-order valence-corrected chi connectivity index (χ4v) is 3.94. The number of rotatable bonds is 9. The lowest BCUT2D eigenvalue weighted by Crippen LogP contribution is -2.28. The predicted molar refractivity (Wildman–Crippen MR) is 135 cm³/mol. The van der Waals surface area contributed by atoms with E-state index in [4.69, 9.17) is 9.97 Å². The minimum Gasteiger partial charge on any atom is -0.334 e. The van der Waals surface area contributed by atoms with E-state index in [1.165, 1.54) is 6.07 Å². The summed E-state index contributed by atoms with van der Waals surface area (Å²) in [6.07, 6.45) is 2.66. The van der Waals surface area contributed by atoms with E-state index >= 15 is 0 Å². The quantitative estimate of drug-likeness (QED) is 0.251. The lowest BCUT2D eigenvalue weighted by molar-refractivity contribution is -0.385. The monoisotopic (exact) mass is 472 g/mol. The van der Waals surface area contributed by atoms with E-state index in [0.717, 1.165) is 30.7 Å². The Bertz CT molecular complexity index is 1350. The van der Waals surface area contributed by atoms with Crippen LogP contribution in [0.2, 0.25) is 0 Å². The first kappa shape index (κ1) is 23.9. The van der Waals surface area contributed by atoms with E-state index in [0.29, 0.717) is 41.2 Å². The van der Waals surface area contributed by atoms with Crippen LogP contribution >= 0.6 is 0 Å². The Hall–Kier alpha value is -4.27. The van der Waals surface area contributed by atoms with E-state index < -0.39 is 0 Å². The van der Waals surface area contributed by atoms with E-state index in [1.54, 1.807) is 18.2 Å². The minimum atomic E-state index is -0.366. The van der Waals surface area contributed by atoms with Crippen molar-refractivity contribution < 1.29 is 9.72 Å². The molecule has 0 saturated heterocycles. The molecule has 2 aromatic carbocycles. The van der Waals surface area contributed by atoms with Crippen LogP contribution in [-0.4, -0.2) is 25.5 Å². The fourth-order valence-electron chi connectivity index (χ4n) is 3.94. The molecular formula is C26H28N6O3. The highest BCUT2D eigenvalue weighted by molar-refractivity contribution is 5.92. The van der Waals surface area contributed by atoms with Crippen molar-refractivity contribution in [3.05, 3.63) is 93.4 Å². The van der Waals surface area contributed by atoms with Crippen LogP contribution in [0.1, 0.15) is 42.4 Å². The van der Waals surface area contributed by atoms with Gasteiger partial charge in [0, 0.05) is 24.6 Å². The summed E-state index contributed by atoms with van der Waals surface area (Å²) >= 11 is 0. The normalized spacial score (nSPS) is 10.9. The summed E-state index contributed by atoms with van der Waals surface area (Å²) in [6, 6.07) is 17.9. The molecule has 35 heavy (non-hydrogen) atoms. The zero-order valence-electron chi connectivity index (χ0n) is 19.8. The van der Waals surface area contributed by atoms with Crippen molar-refractivity contribution in [1.82, 2.24) is 19.9 Å². The lowest BCUT2D eigenvalue weighted by Gasteiger charge is -2.11. The average Bonchev–Trinajstić information content (AvgIpc) is 3.18. The molecule has 0 aliphatic heterocycles. The number of aromatic nitrogens is 3. The van der Waals surface area contributed by atoms with Gasteiger partial charge in [0.05, 0.1) is 22.8 Å². The van der Waals surface area contributed by atoms with Crippen molar-refractivity contribution in [2.75, 3.05) is 5.32 Å². The second-order valence-electron chi connectivity index (χ2n) is 8.36. The van der Waals surface area contributed by atoms with E-state index in [2.05, 4.69) is 17.6 Å². The summed E-state index contributed by atoms with van der Waals surface area (Å²) in [5.41, 5.74) is 4.15. The largest absolute Gasteiger partial charge is 0.334 e. The lowest BCUT2D eigenvalue weighted by atomic mass is 10.1. The first-order valence-electron chi connectivity index (χ1n) is 11.6. The molecule has 0 atom stereocenters. The molecule has 9 heteroatoms. The molecule has 2 amide bonds. The summed E-state index contributed by atoms with van der Waals surface area (Å²) in [4.78, 5) is 33.2. The van der Waals surface area contributed by atoms with Crippen molar-refractivity contribution >= 4 is 28.6 Å². The molecule has 0 saturated carbocycles. The number of hydrogen-bond acceptors (Lipinski definition) is 5. The highest BCUT2D eigenvalue weighted by Crippen LogP contribution is 2.26. The number of amides is 2. The van der Waals surface area contributed by atoms with Crippen molar-refractivity contribution in [1.29, 1.82) is 0 Å². The summed E-state index contributed by atoms with van der Waals surface area (Å²) in [5.74, 6) is 0.817. The number of unbranched alkanes of at least 4 members (excludes halogenated alkanes) is 1. The van der Waals surface area contributed by atoms with Gasteiger partial charge in [-0.2, -0.15) is 0 Å². The highest BCUT2D eigenvalue weighted by atomic mass is 16.6. The van der Waals surface area contributed by atoms with Crippen molar-refractivity contribution in [2.45, 2.75) is 46.2 Å². The topological polar surface area (TPSA) is 115 Å². The molecule has 2 heterocycles. The summed E-state index contributed by atoms with van der Waals surface area (Å²) in [6.45, 7) is 4.63. The Morgan fingerprint density at radius 1 is 1.09 bits per heavy atom. The number of fused-ring (bicyclic) bond motifs is 1. The third-order valence-corrected chi connectivity index (χ3v) is 5.81. The molecule has 0 radical (unpaired) electrons. The summed E-state index contributed by atoms with van der Waals surface area (Å²) < 4.78 is 1.94. The summed E-state index contributed by atoms with van der Waals surface area (Å²) in [5, 5.41) is 17.3. The molecule has 180 valence electrons. The van der Waals surface area contributed by atoms with Gasteiger partial charge in [-0.1, -0.05) is 61.9 Å². The van der Waals surface area contributed by atoms with Crippen LogP contribution in [0, 0.1) is 17.0 Å². The van der Waals surface area contributed by atoms with Gasteiger partial charge >= 0.3 is 6.03 Å². The number of nitro groups is 1. The van der Waals surface area contributed by atoms with E-state index in [-0.39, 0.29) is 16.6 Å². The predicted octanol–water partition coefficient (Wildman–Crippen LogP) is 5.36. The van der Waals surface area contributed by atoms with Crippen LogP contribution in [0.25, 0.3) is 11.2 Å². The van der Waals surface area contributed by atoms with Gasteiger partial charge in [-0.3, -0.25) is 10.1 Å². The molecule has 0 spiro atoms. The fraction of sp³-hybridized carbons (Fsp3) is 0.269. The van der Waals surface area contributed by atoms with E-state index in [9.17, 15) is 14.9 Å². The molecule has 0 bridgehead atoms. The number of carbonyl (C=O) groups is 1. The smallest absolute Gasteiger partial charge is 0.319 e. The Labute approximate surface area is 203 Å². The molecule has 0 aliphatic carbocycles. The van der Waals surface area contributed by atoms with Crippen molar-refractivity contribution in [3.63, 3.8) is 0 Å². The number of hydrogen-bond donors (Lipinski definition) is 2. The molecule has 0 fully saturated rings. The molecule has 2 aromatic heterocycles. The second-order valence-corrected chi connectivity index (χ2v) is 8.36. The number of pyridine rings is 1. The van der Waals surface area contributed by atoms with Gasteiger partial charge < -0.3 is 15.2 Å². The first-order chi connectivity index (χ1) is 17.0. The summed E-state index contributed by atoms with van der Waals surface area (Å²) in [7, 11) is 0. The average molecular weight is 473 g/mol. The Morgan fingerprint density at radius 3 is 2.57 bits per heavy atom. The van der Waals surface area contributed by atoms with Crippen LogP contribution in [0.5, 0.6) is 0 Å². The SMILES string of the molecule is CCCCc1nc2cc(NC(=O)NCc3ccccc3)c(C)nc2n1Cc1ccccc1[N+](=O)[O-]. The number of imidazole rings is 1. The number of nitrogens with one attached hydrogen (secondary N) is 2. The highest BCUT2D eigenvalue weighted by Gasteiger charge is 2.19. The molecule has 4 aromatic rings. The zero-order valence-corrected chi connectivity index (χ0v) is 19.8.